The van der Waals surface area contributed by atoms with E-state index in [1.807, 2.05) is 72.8 Å². The van der Waals surface area contributed by atoms with Crippen LogP contribution in [0.1, 0.15) is 25.3 Å². The van der Waals surface area contributed by atoms with E-state index in [1.165, 1.54) is 0 Å². The Morgan fingerprint density at radius 3 is 2.22 bits per heavy atom. The lowest BCUT2D eigenvalue weighted by atomic mass is 10.0. The van der Waals surface area contributed by atoms with Crippen LogP contribution < -0.4 is 14.8 Å². The smallest absolute Gasteiger partial charge is 0.262 e. The number of benzene rings is 3. The van der Waals surface area contributed by atoms with Crippen LogP contribution in [0.3, 0.4) is 0 Å². The third-order valence-corrected chi connectivity index (χ3v) is 4.03. The van der Waals surface area contributed by atoms with Crippen LogP contribution >= 0.6 is 0 Å². The summed E-state index contributed by atoms with van der Waals surface area (Å²) in [6, 6.07) is 24.6. The van der Waals surface area contributed by atoms with Gasteiger partial charge in [-0.15, -0.1) is 0 Å². The fourth-order valence-electron chi connectivity index (χ4n) is 2.69. The van der Waals surface area contributed by atoms with E-state index in [4.69, 9.17) is 9.47 Å². The van der Waals surface area contributed by atoms with Gasteiger partial charge in [0.2, 0.25) is 0 Å². The summed E-state index contributed by atoms with van der Waals surface area (Å²) in [5.74, 6) is 2.11. The molecule has 0 aromatic heterocycles. The normalized spacial score (nSPS) is 10.5. The Morgan fingerprint density at radius 1 is 0.852 bits per heavy atom. The van der Waals surface area contributed by atoms with Crippen LogP contribution in [-0.4, -0.2) is 12.5 Å². The first kappa shape index (κ1) is 18.5. The van der Waals surface area contributed by atoms with Crippen LogP contribution in [0.5, 0.6) is 17.2 Å². The van der Waals surface area contributed by atoms with E-state index in [0.29, 0.717) is 23.1 Å². The first-order valence-corrected chi connectivity index (χ1v) is 8.97. The Labute approximate surface area is 159 Å². The summed E-state index contributed by atoms with van der Waals surface area (Å²) < 4.78 is 11.6. The molecule has 3 aromatic carbocycles. The van der Waals surface area contributed by atoms with Gasteiger partial charge in [-0.1, -0.05) is 62.4 Å². The predicted octanol–water partition coefficient (Wildman–Crippen LogP) is 5.62. The minimum atomic E-state index is -0.238. The number of ether oxygens (including phenoxy) is 2. The summed E-state index contributed by atoms with van der Waals surface area (Å²) in [6.07, 6.45) is 0. The van der Waals surface area contributed by atoms with Crippen molar-refractivity contribution in [2.45, 2.75) is 19.8 Å². The highest BCUT2D eigenvalue weighted by Crippen LogP contribution is 2.29. The number of carbonyl (C=O) groups is 1. The molecule has 0 fully saturated rings. The van der Waals surface area contributed by atoms with Crippen LogP contribution in [-0.2, 0) is 4.79 Å². The summed E-state index contributed by atoms with van der Waals surface area (Å²) >= 11 is 0. The van der Waals surface area contributed by atoms with E-state index in [0.717, 1.165) is 11.3 Å². The van der Waals surface area contributed by atoms with Crippen molar-refractivity contribution in [1.29, 1.82) is 0 Å². The minimum Gasteiger partial charge on any atom is -0.483 e. The second kappa shape index (κ2) is 8.90. The first-order chi connectivity index (χ1) is 13.1. The van der Waals surface area contributed by atoms with Crippen molar-refractivity contribution in [2.75, 3.05) is 11.9 Å². The maximum Gasteiger partial charge on any atom is 0.262 e. The van der Waals surface area contributed by atoms with Crippen molar-refractivity contribution < 1.29 is 14.3 Å². The fraction of sp³-hybridized carbons (Fsp3) is 0.174. The molecule has 1 N–H and O–H groups in total. The molecule has 0 bridgehead atoms. The van der Waals surface area contributed by atoms with Gasteiger partial charge in [-0.05, 0) is 41.8 Å². The van der Waals surface area contributed by atoms with Crippen molar-refractivity contribution in [3.8, 4) is 17.2 Å². The van der Waals surface area contributed by atoms with Crippen molar-refractivity contribution >= 4 is 11.6 Å². The largest absolute Gasteiger partial charge is 0.483 e. The van der Waals surface area contributed by atoms with E-state index >= 15 is 0 Å². The second-order valence-electron chi connectivity index (χ2n) is 6.44. The SMILES string of the molecule is CC(C)c1ccccc1OCC(=O)Nc1ccccc1Oc1ccccc1. The molecule has 0 unspecified atom stereocenters. The number of para-hydroxylation sites is 4. The van der Waals surface area contributed by atoms with E-state index in [-0.39, 0.29) is 12.5 Å². The number of hydrogen-bond acceptors (Lipinski definition) is 3. The van der Waals surface area contributed by atoms with Crippen molar-refractivity contribution in [3.05, 3.63) is 84.4 Å². The van der Waals surface area contributed by atoms with Crippen LogP contribution in [0.2, 0.25) is 0 Å². The number of amides is 1. The summed E-state index contributed by atoms with van der Waals surface area (Å²) in [5.41, 5.74) is 1.69. The van der Waals surface area contributed by atoms with Crippen LogP contribution in [0.15, 0.2) is 78.9 Å². The molecule has 4 heteroatoms. The van der Waals surface area contributed by atoms with Crippen molar-refractivity contribution in [3.63, 3.8) is 0 Å². The lowest BCUT2D eigenvalue weighted by Crippen LogP contribution is -2.20. The average Bonchev–Trinajstić information content (AvgIpc) is 2.69. The second-order valence-corrected chi connectivity index (χ2v) is 6.44. The summed E-state index contributed by atoms with van der Waals surface area (Å²) in [4.78, 5) is 12.4. The number of anilines is 1. The van der Waals surface area contributed by atoms with Gasteiger partial charge >= 0.3 is 0 Å². The Balaban J connectivity index is 1.65. The van der Waals surface area contributed by atoms with Gasteiger partial charge < -0.3 is 14.8 Å². The quantitative estimate of drug-likeness (QED) is 0.594. The van der Waals surface area contributed by atoms with Crippen LogP contribution in [0.4, 0.5) is 5.69 Å². The molecule has 0 radical (unpaired) electrons. The Morgan fingerprint density at radius 2 is 1.48 bits per heavy atom. The molecule has 0 saturated heterocycles. The maximum atomic E-state index is 12.4. The molecule has 1 amide bonds. The molecule has 0 atom stereocenters. The molecule has 3 aromatic rings. The van der Waals surface area contributed by atoms with Gasteiger partial charge in [0.25, 0.3) is 5.91 Å². The molecule has 27 heavy (non-hydrogen) atoms. The zero-order valence-corrected chi connectivity index (χ0v) is 15.5. The molecule has 3 rings (SSSR count). The van der Waals surface area contributed by atoms with Gasteiger partial charge in [0.15, 0.2) is 12.4 Å². The highest BCUT2D eigenvalue weighted by molar-refractivity contribution is 5.93. The number of rotatable bonds is 7. The zero-order valence-electron chi connectivity index (χ0n) is 15.5. The monoisotopic (exact) mass is 361 g/mol. The van der Waals surface area contributed by atoms with Crippen LogP contribution in [0.25, 0.3) is 0 Å². The predicted molar refractivity (Wildman–Crippen MR) is 108 cm³/mol. The molecule has 0 spiro atoms. The number of hydrogen-bond donors (Lipinski definition) is 1. The van der Waals surface area contributed by atoms with Gasteiger partial charge in [0.1, 0.15) is 11.5 Å². The highest BCUT2D eigenvalue weighted by atomic mass is 16.5. The Hall–Kier alpha value is -3.27. The third-order valence-electron chi connectivity index (χ3n) is 4.03. The van der Waals surface area contributed by atoms with Crippen molar-refractivity contribution in [1.82, 2.24) is 0 Å². The molecular weight excluding hydrogens is 338 g/mol. The molecule has 0 aliphatic rings. The molecule has 0 aliphatic carbocycles. The summed E-state index contributed by atoms with van der Waals surface area (Å²) in [6.45, 7) is 4.13. The molecular formula is C23H23NO3. The van der Waals surface area contributed by atoms with E-state index < -0.39 is 0 Å². The van der Waals surface area contributed by atoms with E-state index in [2.05, 4.69) is 19.2 Å². The molecule has 0 heterocycles. The Bertz CT molecular complexity index is 891. The van der Waals surface area contributed by atoms with E-state index in [1.54, 1.807) is 6.07 Å². The average molecular weight is 361 g/mol. The van der Waals surface area contributed by atoms with Gasteiger partial charge in [-0.3, -0.25) is 4.79 Å². The number of nitrogens with one attached hydrogen (secondary N) is 1. The standard InChI is InChI=1S/C23H23NO3/c1-17(2)19-12-6-8-14-21(19)26-16-23(25)24-20-13-7-9-15-22(20)27-18-10-4-3-5-11-18/h3-15,17H,16H2,1-2H3,(H,24,25). The lowest BCUT2D eigenvalue weighted by molar-refractivity contribution is -0.118. The molecule has 0 saturated carbocycles. The van der Waals surface area contributed by atoms with Gasteiger partial charge in [0, 0.05) is 0 Å². The fourth-order valence-corrected chi connectivity index (χ4v) is 2.69. The lowest BCUT2D eigenvalue weighted by Gasteiger charge is -2.15. The van der Waals surface area contributed by atoms with Gasteiger partial charge in [-0.2, -0.15) is 0 Å². The molecule has 4 nitrogen and oxygen atoms in total. The summed E-state index contributed by atoms with van der Waals surface area (Å²) in [7, 11) is 0. The zero-order chi connectivity index (χ0) is 19.1. The third kappa shape index (κ3) is 5.11. The summed E-state index contributed by atoms with van der Waals surface area (Å²) in [5, 5.41) is 2.86. The van der Waals surface area contributed by atoms with Crippen LogP contribution in [0, 0.1) is 0 Å². The number of carbonyl (C=O) groups excluding carboxylic acids is 1. The topological polar surface area (TPSA) is 47.6 Å². The molecule has 0 aliphatic heterocycles. The van der Waals surface area contributed by atoms with Gasteiger partial charge in [-0.25, -0.2) is 0 Å². The maximum absolute atomic E-state index is 12.4. The molecule has 138 valence electrons. The first-order valence-electron chi connectivity index (χ1n) is 8.97. The highest BCUT2D eigenvalue weighted by Gasteiger charge is 2.11. The minimum absolute atomic E-state index is 0.0661. The van der Waals surface area contributed by atoms with Crippen molar-refractivity contribution in [2.24, 2.45) is 0 Å². The Kier molecular flexibility index (Phi) is 6.10. The van der Waals surface area contributed by atoms with Gasteiger partial charge in [0.05, 0.1) is 5.69 Å². The van der Waals surface area contributed by atoms with E-state index in [9.17, 15) is 4.79 Å².